The van der Waals surface area contributed by atoms with Crippen molar-refractivity contribution in [3.63, 3.8) is 0 Å². The number of pyridine rings is 2. The van der Waals surface area contributed by atoms with Crippen LogP contribution in [0.2, 0.25) is 0 Å². The molecule has 1 amide bonds. The maximum atomic E-state index is 12.4. The van der Waals surface area contributed by atoms with E-state index >= 15 is 0 Å². The van der Waals surface area contributed by atoms with Crippen LogP contribution in [-0.4, -0.2) is 51.4 Å². The van der Waals surface area contributed by atoms with E-state index < -0.39 is 0 Å². The molecule has 7 rings (SSSR count). The third-order valence-corrected chi connectivity index (χ3v) is 10.6. The zero-order valence-electron chi connectivity index (χ0n) is 28.2. The third kappa shape index (κ3) is 7.44. The van der Waals surface area contributed by atoms with Crippen LogP contribution in [0, 0.1) is 13.8 Å². The summed E-state index contributed by atoms with van der Waals surface area (Å²) in [4.78, 5) is 42.0. The van der Waals surface area contributed by atoms with Crippen molar-refractivity contribution < 1.29 is 4.79 Å². The molecule has 0 radical (unpaired) electrons. The molecule has 0 unspecified atom stereocenters. The predicted molar refractivity (Wildman–Crippen MR) is 203 cm³/mol. The minimum Gasteiger partial charge on any atom is -0.351 e. The van der Waals surface area contributed by atoms with Gasteiger partial charge in [0.15, 0.2) is 0 Å². The molecule has 2 aliphatic rings. The Kier molecular flexibility index (Phi) is 10.7. The summed E-state index contributed by atoms with van der Waals surface area (Å²) >= 11 is 3.40. The number of rotatable bonds is 8. The van der Waals surface area contributed by atoms with Gasteiger partial charge in [-0.15, -0.1) is 22.7 Å². The van der Waals surface area contributed by atoms with Gasteiger partial charge in [0.1, 0.15) is 10.0 Å². The fourth-order valence-electron chi connectivity index (χ4n) is 5.85. The van der Waals surface area contributed by atoms with Crippen molar-refractivity contribution in [2.75, 3.05) is 13.1 Å². The van der Waals surface area contributed by atoms with Crippen molar-refractivity contribution in [2.45, 2.75) is 72.9 Å². The number of nitrogens with two attached hydrogens (primary N) is 1. The zero-order chi connectivity index (χ0) is 34.1. The molecular weight excluding hydrogens is 649 g/mol. The molecule has 0 saturated heterocycles. The number of nitrogens with one attached hydrogen (secondary N) is 1. The van der Waals surface area contributed by atoms with Gasteiger partial charge in [0.25, 0.3) is 5.91 Å². The topological polar surface area (TPSA) is 131 Å². The highest BCUT2D eigenvalue weighted by Crippen LogP contribution is 2.37. The van der Waals surface area contributed by atoms with E-state index in [-0.39, 0.29) is 24.2 Å². The number of carbonyl (C=O) groups is 1. The lowest BCUT2D eigenvalue weighted by Gasteiger charge is -2.24. The normalized spacial score (nSPS) is 13.0. The Bertz CT molecular complexity index is 2020. The number of benzene rings is 1. The van der Waals surface area contributed by atoms with E-state index in [1.807, 2.05) is 67.3 Å². The maximum Gasteiger partial charge on any atom is 0.251 e. The molecule has 0 saturated carbocycles. The number of hydrogen-bond donors (Lipinski definition) is 2. The Balaban J connectivity index is 0.000000197. The van der Waals surface area contributed by atoms with Crippen LogP contribution in [-0.2, 0) is 23.9 Å². The molecule has 6 heterocycles. The molecule has 11 heteroatoms. The first-order chi connectivity index (χ1) is 23.0. The highest BCUT2D eigenvalue weighted by atomic mass is 32.1. The van der Waals surface area contributed by atoms with Crippen molar-refractivity contribution in [1.29, 1.82) is 0 Å². The van der Waals surface area contributed by atoms with Crippen molar-refractivity contribution >= 4 is 41.0 Å². The second-order valence-corrected chi connectivity index (χ2v) is 15.7. The van der Waals surface area contributed by atoms with Gasteiger partial charge >= 0.3 is 0 Å². The lowest BCUT2D eigenvalue weighted by molar-refractivity contribution is 0.0945. The molecule has 0 aliphatic carbocycles. The van der Waals surface area contributed by atoms with Crippen LogP contribution in [0.5, 0.6) is 0 Å². The van der Waals surface area contributed by atoms with Crippen LogP contribution < -0.4 is 11.1 Å². The summed E-state index contributed by atoms with van der Waals surface area (Å²) in [7, 11) is 0. The highest BCUT2D eigenvalue weighted by Gasteiger charge is 2.29. The largest absolute Gasteiger partial charge is 0.351 e. The van der Waals surface area contributed by atoms with E-state index in [0.717, 1.165) is 59.9 Å². The first-order valence-electron chi connectivity index (χ1n) is 15.9. The lowest BCUT2D eigenvalue weighted by Crippen LogP contribution is -2.37. The summed E-state index contributed by atoms with van der Waals surface area (Å²) in [6, 6.07) is 13.3. The van der Waals surface area contributed by atoms with Gasteiger partial charge < -0.3 is 11.1 Å². The molecule has 2 aliphatic heterocycles. The molecule has 3 N–H and O–H groups in total. The van der Waals surface area contributed by atoms with Crippen LogP contribution in [0.3, 0.4) is 0 Å². The number of amides is 1. The number of nitrogens with zero attached hydrogens (tertiary/aromatic N) is 6. The molecule has 0 bridgehead atoms. The van der Waals surface area contributed by atoms with Crippen LogP contribution in [0.4, 0.5) is 0 Å². The third-order valence-electron chi connectivity index (χ3n) is 8.64. The molecule has 5 aromatic rings. The number of hydrogen-bond acceptors (Lipinski definition) is 10. The van der Waals surface area contributed by atoms with Crippen LogP contribution >= 0.6 is 22.7 Å². The van der Waals surface area contributed by atoms with E-state index in [0.29, 0.717) is 31.7 Å². The van der Waals surface area contributed by atoms with Gasteiger partial charge in [-0.25, -0.2) is 9.97 Å². The second-order valence-electron chi connectivity index (χ2n) is 13.2. The van der Waals surface area contributed by atoms with E-state index in [2.05, 4.69) is 66.8 Å². The Morgan fingerprint density at radius 1 is 0.776 bits per heavy atom. The van der Waals surface area contributed by atoms with E-state index in [9.17, 15) is 4.79 Å². The monoisotopic (exact) mass is 692 g/mol. The van der Waals surface area contributed by atoms with Crippen LogP contribution in [0.15, 0.2) is 64.8 Å². The molecule has 254 valence electrons. The summed E-state index contributed by atoms with van der Waals surface area (Å²) < 4.78 is 0. The molecular formula is C38H44N8OS2. The lowest BCUT2D eigenvalue weighted by atomic mass is 9.88. The second kappa shape index (κ2) is 14.6. The van der Waals surface area contributed by atoms with E-state index in [1.54, 1.807) is 22.7 Å². The molecule has 0 spiro atoms. The first kappa shape index (κ1) is 35.8. The number of fused-ring (bicyclic) bond motifs is 2. The Morgan fingerprint density at radius 2 is 1.27 bits per heavy atom. The Labute approximate surface area is 297 Å². The Morgan fingerprint density at radius 3 is 1.76 bits per heavy atom. The summed E-state index contributed by atoms with van der Waals surface area (Å²) in [6.07, 6.45) is 7.46. The fourth-order valence-corrected chi connectivity index (χ4v) is 8.11. The molecule has 1 aromatic carbocycles. The van der Waals surface area contributed by atoms with Crippen molar-refractivity contribution in [3.05, 3.63) is 104 Å². The van der Waals surface area contributed by atoms with Crippen LogP contribution in [0.25, 0.3) is 21.1 Å². The minimum absolute atomic E-state index is 0. The maximum absolute atomic E-state index is 12.4. The van der Waals surface area contributed by atoms with Crippen molar-refractivity contribution in [3.8, 4) is 21.1 Å². The summed E-state index contributed by atoms with van der Waals surface area (Å²) in [5.41, 5.74) is 14.7. The summed E-state index contributed by atoms with van der Waals surface area (Å²) in [6.45, 7) is 15.1. The SMILES string of the molecule is C.Cc1sc(-c2ccnc3c2C=NC3)nc1C(C)(C)CN.Cc1sc(-c2ccnc3c2C=NC3)nc1C(C)(C)CNC(=O)c1ccccc1. The fraction of sp³-hybridized carbons (Fsp3) is 0.342. The van der Waals surface area contributed by atoms with Gasteiger partial charge in [0, 0.05) is 86.3 Å². The number of aromatic nitrogens is 4. The van der Waals surface area contributed by atoms with E-state index in [1.165, 1.54) is 4.88 Å². The summed E-state index contributed by atoms with van der Waals surface area (Å²) in [5.74, 6) is -0.0649. The smallest absolute Gasteiger partial charge is 0.251 e. The van der Waals surface area contributed by atoms with Gasteiger partial charge in [-0.3, -0.25) is 24.7 Å². The van der Waals surface area contributed by atoms with Crippen molar-refractivity contribution in [2.24, 2.45) is 15.7 Å². The molecule has 49 heavy (non-hydrogen) atoms. The highest BCUT2D eigenvalue weighted by molar-refractivity contribution is 7.15. The van der Waals surface area contributed by atoms with Gasteiger partial charge in [0.2, 0.25) is 0 Å². The number of thiazole rings is 2. The number of aryl methyl sites for hydroxylation is 2. The van der Waals surface area contributed by atoms with Crippen LogP contribution in [0.1, 0.15) is 89.1 Å². The minimum atomic E-state index is -0.284. The average Bonchev–Trinajstić information content (AvgIpc) is 3.90. The van der Waals surface area contributed by atoms with Gasteiger partial charge in [-0.1, -0.05) is 53.3 Å². The Hall–Kier alpha value is -4.45. The quantitative estimate of drug-likeness (QED) is 0.173. The average molecular weight is 693 g/mol. The molecule has 4 aromatic heterocycles. The van der Waals surface area contributed by atoms with Gasteiger partial charge in [-0.2, -0.15) is 0 Å². The standard InChI is InChI=1S/C22H22N4OS.C15H18N4S.CH4/c1-14-19(22(2,3)13-25-20(27)15-7-5-4-6-8-15)26-21(28-14)16-9-10-24-18-12-23-11-17(16)18;1-9-13(15(2,3)8-16)19-14(20-9)10-4-5-18-12-7-17-6-11(10)12;/h4-11H,12-13H2,1-3H3,(H,25,27);4-6H,7-8,16H2,1-3H3;1H4. The first-order valence-corrected chi connectivity index (χ1v) is 17.6. The van der Waals surface area contributed by atoms with Gasteiger partial charge in [0.05, 0.1) is 35.9 Å². The molecule has 9 nitrogen and oxygen atoms in total. The van der Waals surface area contributed by atoms with Crippen molar-refractivity contribution in [1.82, 2.24) is 25.3 Å². The number of carbonyl (C=O) groups excluding carboxylic acids is 1. The molecule has 0 fully saturated rings. The van der Waals surface area contributed by atoms with Gasteiger partial charge in [-0.05, 0) is 38.1 Å². The number of aliphatic imine (C=N–C) groups is 2. The molecule has 0 atom stereocenters. The van der Waals surface area contributed by atoms with E-state index in [4.69, 9.17) is 15.7 Å². The zero-order valence-corrected chi connectivity index (χ0v) is 29.8. The summed E-state index contributed by atoms with van der Waals surface area (Å²) in [5, 5.41) is 5.06. The predicted octanol–water partition coefficient (Wildman–Crippen LogP) is 7.47.